The zero-order valence-corrected chi connectivity index (χ0v) is 4.53. The monoisotopic (exact) mass is 110 g/mol. The molecule has 1 aromatic heterocycles. The van der Waals surface area contributed by atoms with Gasteiger partial charge in [-0.15, -0.1) is 0 Å². The van der Waals surface area contributed by atoms with Gasteiger partial charge in [-0.3, -0.25) is 0 Å². The van der Waals surface area contributed by atoms with Crippen LogP contribution >= 0.6 is 0 Å². The molecule has 0 saturated heterocycles. The lowest BCUT2D eigenvalue weighted by Crippen LogP contribution is -2.25. The van der Waals surface area contributed by atoms with E-state index in [1.807, 2.05) is 6.92 Å². The standard InChI is InChI=1S/C5H6N2O/c1-5-2-6-4-7(8)3-5/h2-4H,1H3. The summed E-state index contributed by atoms with van der Waals surface area (Å²) in [5.41, 5.74) is 0.877. The summed E-state index contributed by atoms with van der Waals surface area (Å²) in [6.45, 7) is 1.82. The molecule has 0 amide bonds. The Morgan fingerprint density at radius 2 is 2.50 bits per heavy atom. The van der Waals surface area contributed by atoms with E-state index >= 15 is 0 Å². The number of aryl methyl sites for hydroxylation is 1. The Morgan fingerprint density at radius 3 is 2.88 bits per heavy atom. The molecule has 1 aromatic rings. The molecule has 3 nitrogen and oxygen atoms in total. The molecular weight excluding hydrogens is 104 g/mol. The van der Waals surface area contributed by atoms with Gasteiger partial charge in [0.25, 0.3) is 6.33 Å². The molecule has 0 aliphatic heterocycles. The molecule has 42 valence electrons. The third kappa shape index (κ3) is 0.932. The molecule has 0 bridgehead atoms. The minimum Gasteiger partial charge on any atom is -0.711 e. The Kier molecular flexibility index (Phi) is 1.12. The molecule has 0 aliphatic rings. The van der Waals surface area contributed by atoms with Crippen molar-refractivity contribution in [2.45, 2.75) is 6.92 Å². The Bertz CT molecular complexity index is 170. The predicted octanol–water partition coefficient (Wildman–Crippen LogP) is 0.0234. The van der Waals surface area contributed by atoms with E-state index in [0.29, 0.717) is 4.73 Å². The molecule has 0 unspecified atom stereocenters. The average Bonchev–Trinajstić information content (AvgIpc) is 1.64. The Balaban J connectivity index is 3.08. The number of aromatic nitrogens is 2. The Labute approximate surface area is 47.2 Å². The maximum absolute atomic E-state index is 10.3. The first-order valence-corrected chi connectivity index (χ1v) is 2.29. The molecule has 8 heavy (non-hydrogen) atoms. The summed E-state index contributed by atoms with van der Waals surface area (Å²) >= 11 is 0. The van der Waals surface area contributed by atoms with Crippen molar-refractivity contribution in [1.82, 2.24) is 4.98 Å². The molecule has 0 N–H and O–H groups in total. The van der Waals surface area contributed by atoms with Crippen LogP contribution < -0.4 is 4.73 Å². The van der Waals surface area contributed by atoms with Crippen LogP contribution in [-0.4, -0.2) is 4.98 Å². The second-order valence-electron chi connectivity index (χ2n) is 1.63. The lowest BCUT2D eigenvalue weighted by Gasteiger charge is -1.95. The molecule has 3 heteroatoms. The van der Waals surface area contributed by atoms with Crippen LogP contribution in [0.25, 0.3) is 0 Å². The van der Waals surface area contributed by atoms with E-state index in [2.05, 4.69) is 4.98 Å². The van der Waals surface area contributed by atoms with Crippen LogP contribution in [0.3, 0.4) is 0 Å². The van der Waals surface area contributed by atoms with Crippen molar-refractivity contribution in [3.8, 4) is 0 Å². The van der Waals surface area contributed by atoms with Gasteiger partial charge in [-0.2, -0.15) is 0 Å². The van der Waals surface area contributed by atoms with Crippen LogP contribution in [0.4, 0.5) is 0 Å². The van der Waals surface area contributed by atoms with E-state index in [9.17, 15) is 5.21 Å². The van der Waals surface area contributed by atoms with Crippen LogP contribution in [0.15, 0.2) is 18.7 Å². The highest BCUT2D eigenvalue weighted by Gasteiger charge is 1.86. The normalized spacial score (nSPS) is 9.12. The molecule has 0 atom stereocenters. The summed E-state index contributed by atoms with van der Waals surface area (Å²) in [5.74, 6) is 0. The zero-order chi connectivity index (χ0) is 5.98. The fourth-order valence-electron chi connectivity index (χ4n) is 0.484. The molecule has 0 radical (unpaired) electrons. The number of rotatable bonds is 0. The van der Waals surface area contributed by atoms with Crippen LogP contribution in [0, 0.1) is 12.1 Å². The lowest BCUT2D eigenvalue weighted by atomic mass is 10.4. The molecule has 1 heterocycles. The van der Waals surface area contributed by atoms with Gasteiger partial charge < -0.3 is 5.21 Å². The molecular formula is C5H6N2O. The summed E-state index contributed by atoms with van der Waals surface area (Å²) in [7, 11) is 0. The first-order chi connectivity index (χ1) is 3.79. The van der Waals surface area contributed by atoms with Gasteiger partial charge in [-0.25, -0.2) is 4.73 Å². The van der Waals surface area contributed by atoms with Gasteiger partial charge in [0.2, 0.25) is 0 Å². The summed E-state index contributed by atoms with van der Waals surface area (Å²) in [6, 6.07) is 0. The minimum absolute atomic E-state index is 0.676. The number of nitrogens with zero attached hydrogens (tertiary/aromatic N) is 2. The highest BCUT2D eigenvalue weighted by molar-refractivity contribution is 4.93. The maximum Gasteiger partial charge on any atom is 0.289 e. The third-order valence-corrected chi connectivity index (χ3v) is 0.790. The van der Waals surface area contributed by atoms with E-state index in [-0.39, 0.29) is 0 Å². The van der Waals surface area contributed by atoms with E-state index in [1.165, 1.54) is 12.5 Å². The highest BCUT2D eigenvalue weighted by atomic mass is 16.5. The van der Waals surface area contributed by atoms with E-state index in [1.54, 1.807) is 6.20 Å². The van der Waals surface area contributed by atoms with E-state index < -0.39 is 0 Å². The maximum atomic E-state index is 10.3. The number of hydrogen-bond acceptors (Lipinski definition) is 2. The summed E-state index contributed by atoms with van der Waals surface area (Å²) in [6.07, 6.45) is 4.31. The van der Waals surface area contributed by atoms with Gasteiger partial charge in [-0.05, 0) is 6.92 Å². The topological polar surface area (TPSA) is 39.8 Å². The van der Waals surface area contributed by atoms with Crippen LogP contribution in [0.2, 0.25) is 0 Å². The van der Waals surface area contributed by atoms with Crippen molar-refractivity contribution in [3.63, 3.8) is 0 Å². The van der Waals surface area contributed by atoms with Crippen LogP contribution in [0.5, 0.6) is 0 Å². The molecule has 0 aromatic carbocycles. The molecule has 1 rings (SSSR count). The quantitative estimate of drug-likeness (QED) is 0.349. The first-order valence-electron chi connectivity index (χ1n) is 2.29. The lowest BCUT2D eigenvalue weighted by molar-refractivity contribution is -0.609. The molecule has 0 aliphatic carbocycles. The van der Waals surface area contributed by atoms with Crippen molar-refractivity contribution in [1.29, 1.82) is 0 Å². The van der Waals surface area contributed by atoms with E-state index in [4.69, 9.17) is 0 Å². The fraction of sp³-hybridized carbons (Fsp3) is 0.200. The van der Waals surface area contributed by atoms with Crippen molar-refractivity contribution in [2.75, 3.05) is 0 Å². The van der Waals surface area contributed by atoms with Gasteiger partial charge in [0, 0.05) is 5.56 Å². The highest BCUT2D eigenvalue weighted by Crippen LogP contribution is 1.82. The Hall–Kier alpha value is -1.12. The van der Waals surface area contributed by atoms with Crippen molar-refractivity contribution in [2.24, 2.45) is 0 Å². The summed E-state index contributed by atoms with van der Waals surface area (Å²) in [4.78, 5) is 3.63. The fourth-order valence-corrected chi connectivity index (χ4v) is 0.484. The van der Waals surface area contributed by atoms with Gasteiger partial charge in [-0.1, -0.05) is 4.98 Å². The van der Waals surface area contributed by atoms with Gasteiger partial charge in [0.15, 0.2) is 0 Å². The summed E-state index contributed by atoms with van der Waals surface area (Å²) < 4.78 is 0.676. The minimum atomic E-state index is 0.676. The largest absolute Gasteiger partial charge is 0.711 e. The SMILES string of the molecule is Cc1cnc[n+]([O-])c1. The van der Waals surface area contributed by atoms with Gasteiger partial charge in [0.1, 0.15) is 6.20 Å². The summed E-state index contributed by atoms with van der Waals surface area (Å²) in [5, 5.41) is 10.3. The smallest absolute Gasteiger partial charge is 0.289 e. The van der Waals surface area contributed by atoms with Crippen LogP contribution in [-0.2, 0) is 0 Å². The Morgan fingerprint density at radius 1 is 1.75 bits per heavy atom. The third-order valence-electron chi connectivity index (χ3n) is 0.790. The predicted molar refractivity (Wildman–Crippen MR) is 27.9 cm³/mol. The van der Waals surface area contributed by atoms with E-state index in [0.717, 1.165) is 5.56 Å². The van der Waals surface area contributed by atoms with Gasteiger partial charge >= 0.3 is 0 Å². The second-order valence-corrected chi connectivity index (χ2v) is 1.63. The molecule has 0 spiro atoms. The second kappa shape index (κ2) is 1.78. The first kappa shape index (κ1) is 5.03. The zero-order valence-electron chi connectivity index (χ0n) is 4.53. The van der Waals surface area contributed by atoms with Crippen molar-refractivity contribution in [3.05, 3.63) is 29.5 Å². The average molecular weight is 110 g/mol. The van der Waals surface area contributed by atoms with Crippen molar-refractivity contribution < 1.29 is 4.73 Å². The molecule has 0 saturated carbocycles. The van der Waals surface area contributed by atoms with Crippen LogP contribution in [0.1, 0.15) is 5.56 Å². The molecule has 0 fully saturated rings. The van der Waals surface area contributed by atoms with Crippen molar-refractivity contribution >= 4 is 0 Å². The van der Waals surface area contributed by atoms with Gasteiger partial charge in [0.05, 0.1) is 6.20 Å². The number of hydrogen-bond donors (Lipinski definition) is 0.